The molecule has 4 rings (SSSR count). The first-order valence-electron chi connectivity index (χ1n) is 11.5. The molecule has 0 unspecified atom stereocenters. The lowest BCUT2D eigenvalue weighted by atomic mass is 9.88. The molecule has 5 nitrogen and oxygen atoms in total. The van der Waals surface area contributed by atoms with Crippen molar-refractivity contribution in [3.05, 3.63) is 47.3 Å². The van der Waals surface area contributed by atoms with Gasteiger partial charge in [0.1, 0.15) is 5.82 Å². The number of benzene rings is 2. The highest BCUT2D eigenvalue weighted by atomic mass is 19.1. The molecule has 1 aliphatic heterocycles. The number of hydrogen-bond donors (Lipinski definition) is 2. The number of aromatic nitrogens is 1. The van der Waals surface area contributed by atoms with E-state index >= 15 is 4.39 Å². The first kappa shape index (κ1) is 22.6. The second kappa shape index (κ2) is 9.92. The van der Waals surface area contributed by atoms with Crippen molar-refractivity contribution in [1.82, 2.24) is 15.2 Å². The van der Waals surface area contributed by atoms with Gasteiger partial charge in [0.25, 0.3) is 0 Å². The molecule has 1 fully saturated rings. The van der Waals surface area contributed by atoms with Gasteiger partial charge in [0.05, 0.1) is 19.7 Å². The van der Waals surface area contributed by atoms with Gasteiger partial charge >= 0.3 is 0 Å². The van der Waals surface area contributed by atoms with Crippen LogP contribution in [0.5, 0.6) is 11.5 Å². The number of aryl methyl sites for hydroxylation is 1. The number of aromatic amines is 1. The van der Waals surface area contributed by atoms with Crippen molar-refractivity contribution in [3.63, 3.8) is 0 Å². The second-order valence-corrected chi connectivity index (χ2v) is 8.55. The molecule has 1 aromatic heterocycles. The molecular weight excluding hydrogens is 405 g/mol. The van der Waals surface area contributed by atoms with E-state index in [-0.39, 0.29) is 5.82 Å². The Hall–Kier alpha value is -2.57. The van der Waals surface area contributed by atoms with Crippen LogP contribution in [0.2, 0.25) is 0 Å². The summed E-state index contributed by atoms with van der Waals surface area (Å²) in [6.07, 6.45) is 2.96. The fourth-order valence-corrected chi connectivity index (χ4v) is 4.93. The highest BCUT2D eigenvalue weighted by molar-refractivity contribution is 5.92. The second-order valence-electron chi connectivity index (χ2n) is 8.55. The van der Waals surface area contributed by atoms with Crippen molar-refractivity contribution in [2.24, 2.45) is 0 Å². The zero-order valence-corrected chi connectivity index (χ0v) is 19.6. The monoisotopic (exact) mass is 439 g/mol. The van der Waals surface area contributed by atoms with E-state index in [1.165, 1.54) is 0 Å². The van der Waals surface area contributed by atoms with Crippen LogP contribution in [0, 0.1) is 5.82 Å². The highest BCUT2D eigenvalue weighted by Gasteiger charge is 2.23. The molecule has 2 aromatic carbocycles. The van der Waals surface area contributed by atoms with Crippen LogP contribution in [0.1, 0.15) is 36.8 Å². The van der Waals surface area contributed by atoms with E-state index in [1.807, 2.05) is 25.2 Å². The van der Waals surface area contributed by atoms with Gasteiger partial charge < -0.3 is 24.7 Å². The van der Waals surface area contributed by atoms with Gasteiger partial charge in [-0.1, -0.05) is 6.92 Å². The van der Waals surface area contributed by atoms with E-state index in [0.717, 1.165) is 73.2 Å². The molecule has 0 aliphatic carbocycles. The maximum atomic E-state index is 15.3. The van der Waals surface area contributed by atoms with Crippen LogP contribution in [0.3, 0.4) is 0 Å². The molecular formula is C26H34FN3O2. The number of ether oxygens (including phenoxy) is 2. The number of nitrogens with one attached hydrogen (secondary N) is 2. The van der Waals surface area contributed by atoms with Crippen molar-refractivity contribution in [2.45, 2.75) is 32.1 Å². The van der Waals surface area contributed by atoms with Crippen molar-refractivity contribution < 1.29 is 13.9 Å². The minimum absolute atomic E-state index is 0.170. The summed E-state index contributed by atoms with van der Waals surface area (Å²) in [5.41, 5.74) is 4.76. The van der Waals surface area contributed by atoms with Crippen LogP contribution in [0.15, 0.2) is 30.3 Å². The minimum atomic E-state index is -0.170. The zero-order chi connectivity index (χ0) is 22.7. The normalized spacial score (nSPS) is 15.4. The van der Waals surface area contributed by atoms with E-state index < -0.39 is 0 Å². The summed E-state index contributed by atoms with van der Waals surface area (Å²) in [5.74, 6) is 1.58. The third-order valence-electron chi connectivity index (χ3n) is 6.75. The van der Waals surface area contributed by atoms with Crippen LogP contribution in [-0.4, -0.2) is 57.3 Å². The van der Waals surface area contributed by atoms with Gasteiger partial charge in [-0.15, -0.1) is 0 Å². The summed E-state index contributed by atoms with van der Waals surface area (Å²) in [4.78, 5) is 5.85. The molecule has 2 N–H and O–H groups in total. The molecule has 0 saturated carbocycles. The molecule has 1 aliphatic rings. The molecule has 172 valence electrons. The number of likely N-dealkylation sites (tertiary alicyclic amines) is 1. The van der Waals surface area contributed by atoms with E-state index in [0.29, 0.717) is 22.9 Å². The summed E-state index contributed by atoms with van der Waals surface area (Å²) in [7, 11) is 5.24. The van der Waals surface area contributed by atoms with Crippen molar-refractivity contribution in [1.29, 1.82) is 0 Å². The van der Waals surface area contributed by atoms with Gasteiger partial charge in [-0.25, -0.2) is 4.39 Å². The number of methoxy groups -OCH3 is 2. The van der Waals surface area contributed by atoms with E-state index in [4.69, 9.17) is 9.47 Å². The maximum absolute atomic E-state index is 15.3. The van der Waals surface area contributed by atoms with E-state index in [2.05, 4.69) is 28.2 Å². The summed E-state index contributed by atoms with van der Waals surface area (Å²) in [6, 6.07) is 9.78. The molecule has 0 amide bonds. The summed E-state index contributed by atoms with van der Waals surface area (Å²) in [5, 5.41) is 4.21. The SMILES string of the molecule is CCc1c(-c2ccc(OC)c(OC)c2)[nH]c2c(F)cc(C3CCN(CCNC)CC3)cc12. The quantitative estimate of drug-likeness (QED) is 0.521. The van der Waals surface area contributed by atoms with Gasteiger partial charge in [0.15, 0.2) is 11.5 Å². The molecule has 0 bridgehead atoms. The summed E-state index contributed by atoms with van der Waals surface area (Å²) >= 11 is 0. The number of likely N-dealkylation sites (N-methyl/N-ethyl adjacent to an activating group) is 1. The fraction of sp³-hybridized carbons (Fsp3) is 0.462. The van der Waals surface area contributed by atoms with Crippen molar-refractivity contribution >= 4 is 10.9 Å². The largest absolute Gasteiger partial charge is 0.493 e. The Balaban J connectivity index is 1.68. The zero-order valence-electron chi connectivity index (χ0n) is 19.6. The van der Waals surface area contributed by atoms with Crippen molar-refractivity contribution in [3.8, 4) is 22.8 Å². The average Bonchev–Trinajstić information content (AvgIpc) is 3.21. The average molecular weight is 440 g/mol. The van der Waals surface area contributed by atoms with Gasteiger partial charge in [-0.3, -0.25) is 0 Å². The topological polar surface area (TPSA) is 49.5 Å². The molecule has 0 spiro atoms. The van der Waals surface area contributed by atoms with Gasteiger partial charge in [0, 0.05) is 29.7 Å². The Morgan fingerprint density at radius 2 is 1.84 bits per heavy atom. The predicted octanol–water partition coefficient (Wildman–Crippen LogP) is 4.95. The van der Waals surface area contributed by atoms with Gasteiger partial charge in [-0.2, -0.15) is 0 Å². The van der Waals surface area contributed by atoms with Gasteiger partial charge in [0.2, 0.25) is 0 Å². The smallest absolute Gasteiger partial charge is 0.161 e. The maximum Gasteiger partial charge on any atom is 0.161 e. The molecule has 1 saturated heterocycles. The Morgan fingerprint density at radius 1 is 1.09 bits per heavy atom. The lowest BCUT2D eigenvalue weighted by Crippen LogP contribution is -2.37. The number of fused-ring (bicyclic) bond motifs is 1. The number of nitrogens with zero attached hydrogens (tertiary/aromatic N) is 1. The van der Waals surface area contributed by atoms with E-state index in [1.54, 1.807) is 20.3 Å². The molecule has 0 atom stereocenters. The molecule has 0 radical (unpaired) electrons. The number of H-pyrrole nitrogens is 1. The molecule has 32 heavy (non-hydrogen) atoms. The van der Waals surface area contributed by atoms with Crippen molar-refractivity contribution in [2.75, 3.05) is 47.4 Å². The van der Waals surface area contributed by atoms with Crippen LogP contribution in [0.25, 0.3) is 22.2 Å². The Morgan fingerprint density at radius 3 is 2.50 bits per heavy atom. The molecule has 3 aromatic rings. The Bertz CT molecular complexity index is 1070. The van der Waals surface area contributed by atoms with Crippen LogP contribution >= 0.6 is 0 Å². The summed E-state index contributed by atoms with van der Waals surface area (Å²) in [6.45, 7) is 6.33. The van der Waals surface area contributed by atoms with Crippen LogP contribution in [-0.2, 0) is 6.42 Å². The minimum Gasteiger partial charge on any atom is -0.493 e. The fourth-order valence-electron chi connectivity index (χ4n) is 4.93. The lowest BCUT2D eigenvalue weighted by Gasteiger charge is -2.32. The third kappa shape index (κ3) is 4.34. The molecule has 6 heteroatoms. The summed E-state index contributed by atoms with van der Waals surface area (Å²) < 4.78 is 26.1. The predicted molar refractivity (Wildman–Crippen MR) is 129 cm³/mol. The first-order valence-corrected chi connectivity index (χ1v) is 11.5. The number of halogens is 1. The third-order valence-corrected chi connectivity index (χ3v) is 6.75. The highest BCUT2D eigenvalue weighted by Crippen LogP contribution is 2.39. The first-order chi connectivity index (χ1) is 15.6. The lowest BCUT2D eigenvalue weighted by molar-refractivity contribution is 0.214. The Kier molecular flexibility index (Phi) is 7.01. The number of hydrogen-bond acceptors (Lipinski definition) is 4. The van der Waals surface area contributed by atoms with E-state index in [9.17, 15) is 0 Å². The standard InChI is InChI=1S/C26H34FN3O2/c1-5-20-21-14-19(17-8-11-30(12-9-17)13-10-28-2)15-22(27)26(21)29-25(20)18-6-7-23(31-3)24(16-18)32-4/h6-7,14-17,28-29H,5,8-13H2,1-4H3. The number of piperidine rings is 1. The van der Waals surface area contributed by atoms with Gasteiger partial charge in [-0.05, 0) is 86.8 Å². The Labute approximate surface area is 189 Å². The van der Waals surface area contributed by atoms with Crippen LogP contribution in [0.4, 0.5) is 4.39 Å². The molecule has 2 heterocycles. The number of rotatable bonds is 8. The van der Waals surface area contributed by atoms with Crippen LogP contribution < -0.4 is 14.8 Å².